The van der Waals surface area contributed by atoms with Gasteiger partial charge >= 0.3 is 0 Å². The van der Waals surface area contributed by atoms with Crippen molar-refractivity contribution in [2.45, 2.75) is 272 Å². The summed E-state index contributed by atoms with van der Waals surface area (Å²) < 4.78 is 0. The molecule has 14 rings (SSSR count). The van der Waals surface area contributed by atoms with Gasteiger partial charge in [-0.05, 0) is 159 Å². The highest BCUT2D eigenvalue weighted by atomic mass is 28.3. The van der Waals surface area contributed by atoms with Crippen molar-refractivity contribution >= 4 is 164 Å². The second kappa shape index (κ2) is 34.3. The molecule has 0 bridgehead atoms. The first kappa shape index (κ1) is 84.2. The zero-order valence-electron chi connectivity index (χ0n) is 73.2. The monoisotopic (exact) mass is 1570 g/mol. The SMILES string of the molecule is CC(C)[Si](C#Cc1c2nc3ccccc3nc2c(C#C[Si](C(C)C)(C(C)C)C(C)C)c2nc3c(ccc4cc5ccccc5cc43)nc12)(C(C)C)C(C)C.CC(C)[Si](C#Cc1c2nc3ccccc3nc2c(C#C[Si](C(C)C)(C(C)C)C(C)C)c2nc3c(ccc4cc5ccccc5cc43)nc12)(C(C)C)C(C)C.CCCCCC. The number of para-hydroxylation sites is 4. The van der Waals surface area contributed by atoms with E-state index in [0.717, 1.165) is 132 Å². The molecular weight excluding hydrogens is 1450 g/mol. The summed E-state index contributed by atoms with van der Waals surface area (Å²) >= 11 is 0. The summed E-state index contributed by atoms with van der Waals surface area (Å²) in [6.45, 7) is 61.1. The summed E-state index contributed by atoms with van der Waals surface area (Å²) in [5, 5.41) is 9.22. The molecule has 8 nitrogen and oxygen atoms in total. The van der Waals surface area contributed by atoms with Crippen molar-refractivity contribution in [1.29, 1.82) is 0 Å². The molecule has 4 heterocycles. The van der Waals surface area contributed by atoms with Crippen molar-refractivity contribution in [3.8, 4) is 45.9 Å². The van der Waals surface area contributed by atoms with E-state index in [1.165, 1.54) is 47.2 Å². The van der Waals surface area contributed by atoms with E-state index in [-0.39, 0.29) is 0 Å². The molecule has 0 saturated carbocycles. The predicted octanol–water partition coefficient (Wildman–Crippen LogP) is 29.2. The maximum Gasteiger partial charge on any atom is 0.146 e. The Morgan fingerprint density at radius 1 is 0.219 bits per heavy atom. The van der Waals surface area contributed by atoms with Crippen molar-refractivity contribution in [3.63, 3.8) is 0 Å². The molecule has 14 aromatic rings. The Bertz CT molecular complexity index is 5810. The molecule has 0 aliphatic heterocycles. The summed E-state index contributed by atoms with van der Waals surface area (Å²) in [7, 11) is -8.53. The Morgan fingerprint density at radius 3 is 0.640 bits per heavy atom. The number of fused-ring (bicyclic) bond motifs is 14. The van der Waals surface area contributed by atoms with Crippen LogP contribution in [0.2, 0.25) is 66.5 Å². The average Bonchev–Trinajstić information content (AvgIpc) is 0.724. The van der Waals surface area contributed by atoms with Crippen LogP contribution in [0.1, 0.15) is 228 Å². The highest BCUT2D eigenvalue weighted by Crippen LogP contribution is 2.47. The van der Waals surface area contributed by atoms with Crippen LogP contribution >= 0.6 is 0 Å². The first-order valence-electron chi connectivity index (χ1n) is 42.8. The molecule has 0 aliphatic rings. The lowest BCUT2D eigenvalue weighted by Gasteiger charge is -2.38. The minimum Gasteiger partial charge on any atom is -0.243 e. The van der Waals surface area contributed by atoms with Crippen LogP contribution in [-0.2, 0) is 0 Å². The number of hydrogen-bond acceptors (Lipinski definition) is 8. The van der Waals surface area contributed by atoms with Crippen LogP contribution in [0.15, 0.2) is 146 Å². The van der Waals surface area contributed by atoms with Crippen LogP contribution in [0.5, 0.6) is 0 Å². The third-order valence-corrected chi connectivity index (χ3v) is 51.3. The molecule has 114 heavy (non-hydrogen) atoms. The summed E-state index contributed by atoms with van der Waals surface area (Å²) in [6, 6.07) is 50.9. The molecule has 0 atom stereocenters. The molecule has 0 aliphatic carbocycles. The zero-order valence-corrected chi connectivity index (χ0v) is 77.2. The van der Waals surface area contributed by atoms with Gasteiger partial charge in [-0.1, -0.05) is 314 Å². The van der Waals surface area contributed by atoms with Gasteiger partial charge in [-0.15, -0.1) is 22.2 Å². The van der Waals surface area contributed by atoms with Gasteiger partial charge in [0.1, 0.15) is 76.4 Å². The highest BCUT2D eigenvalue weighted by Gasteiger charge is 2.45. The first-order valence-corrected chi connectivity index (χ1v) is 51.7. The van der Waals surface area contributed by atoms with E-state index in [4.69, 9.17) is 39.9 Å². The Balaban J connectivity index is 0.000000197. The minimum atomic E-state index is -2.14. The van der Waals surface area contributed by atoms with Crippen LogP contribution < -0.4 is 0 Å². The van der Waals surface area contributed by atoms with Crippen molar-refractivity contribution in [2.75, 3.05) is 0 Å². The Labute approximate surface area is 684 Å². The van der Waals surface area contributed by atoms with Crippen LogP contribution in [0, 0.1) is 45.9 Å². The Hall–Kier alpha value is -9.25. The Kier molecular flexibility index (Phi) is 25.3. The standard InChI is InChI=1S/2C48H54N4Si2.C6H14/c2*1-29(2)53(30(3)4,31(5)6)25-23-38-45-46(50-42-20-16-15-19-41(42)49-45)39(24-26-54(32(7)8,33(9)10)34(11)12)48-47(38)51-43-22-21-37-27-35-17-13-14-18-36(35)28-40(37)44(43)52-48;1-3-5-6-4-2/h2*13-22,27-34H,1-12H3;3-6H2,1-2H3. The number of nitrogens with zero attached hydrogens (tertiary/aromatic N) is 8. The van der Waals surface area contributed by atoms with Crippen LogP contribution in [0.4, 0.5) is 0 Å². The van der Waals surface area contributed by atoms with E-state index in [9.17, 15) is 0 Å². The van der Waals surface area contributed by atoms with Crippen molar-refractivity contribution in [1.82, 2.24) is 39.9 Å². The molecule has 0 fully saturated rings. The van der Waals surface area contributed by atoms with Crippen molar-refractivity contribution < 1.29 is 0 Å². The van der Waals surface area contributed by atoms with Crippen molar-refractivity contribution in [3.05, 3.63) is 168 Å². The second-order valence-corrected chi connectivity index (χ2v) is 58.5. The van der Waals surface area contributed by atoms with E-state index in [2.05, 4.69) is 323 Å². The largest absolute Gasteiger partial charge is 0.243 e. The molecule has 4 aromatic heterocycles. The molecular formula is C102H122N8Si4. The van der Waals surface area contributed by atoms with Gasteiger partial charge < -0.3 is 0 Å². The van der Waals surface area contributed by atoms with Gasteiger partial charge in [-0.2, -0.15) is 0 Å². The maximum absolute atomic E-state index is 5.61. The fraction of sp³-hybridized carbons (Fsp3) is 0.412. The van der Waals surface area contributed by atoms with Crippen LogP contribution in [0.25, 0.3) is 131 Å². The van der Waals surface area contributed by atoms with Gasteiger partial charge in [0.15, 0.2) is 0 Å². The lowest BCUT2D eigenvalue weighted by atomic mass is 10.0. The quantitative estimate of drug-likeness (QED) is 0.0329. The van der Waals surface area contributed by atoms with Crippen LogP contribution in [0.3, 0.4) is 0 Å². The van der Waals surface area contributed by atoms with E-state index >= 15 is 0 Å². The average molecular weight is 1570 g/mol. The number of unbranched alkanes of at least 4 members (excludes halogenated alkanes) is 3. The first-order chi connectivity index (χ1) is 54.3. The zero-order chi connectivity index (χ0) is 82.2. The van der Waals surface area contributed by atoms with Gasteiger partial charge in [0.25, 0.3) is 0 Å². The van der Waals surface area contributed by atoms with Gasteiger partial charge in [-0.25, -0.2) is 39.9 Å². The van der Waals surface area contributed by atoms with Crippen LogP contribution in [-0.4, -0.2) is 72.2 Å². The van der Waals surface area contributed by atoms with E-state index in [1.807, 2.05) is 48.5 Å². The maximum atomic E-state index is 5.61. The third-order valence-electron chi connectivity index (χ3n) is 26.1. The topological polar surface area (TPSA) is 103 Å². The molecule has 10 aromatic carbocycles. The number of rotatable bonds is 15. The Morgan fingerprint density at radius 2 is 0.421 bits per heavy atom. The van der Waals surface area contributed by atoms with E-state index < -0.39 is 32.3 Å². The lowest BCUT2D eigenvalue weighted by molar-refractivity contribution is 0.702. The number of benzene rings is 10. The molecule has 586 valence electrons. The number of aromatic nitrogens is 8. The summed E-state index contributed by atoms with van der Waals surface area (Å²) in [6.07, 6.45) is 5.54. The summed E-state index contributed by atoms with van der Waals surface area (Å²) in [5.74, 6) is 15.3. The summed E-state index contributed by atoms with van der Waals surface area (Å²) in [5.41, 5.74) is 38.0. The second-order valence-electron chi connectivity index (χ2n) is 36.2. The van der Waals surface area contributed by atoms with Gasteiger partial charge in [-0.3, -0.25) is 0 Å². The molecule has 12 heteroatoms. The third kappa shape index (κ3) is 15.3. The van der Waals surface area contributed by atoms with Gasteiger partial charge in [0.05, 0.1) is 66.4 Å². The van der Waals surface area contributed by atoms with E-state index in [1.54, 1.807) is 0 Å². The molecule has 0 N–H and O–H groups in total. The van der Waals surface area contributed by atoms with Gasteiger partial charge in [0.2, 0.25) is 0 Å². The van der Waals surface area contributed by atoms with Crippen molar-refractivity contribution in [2.24, 2.45) is 0 Å². The molecule has 0 saturated heterocycles. The minimum absolute atomic E-state index is 0.477. The molecule has 0 unspecified atom stereocenters. The highest BCUT2D eigenvalue weighted by molar-refractivity contribution is 6.92. The van der Waals surface area contributed by atoms with E-state index in [0.29, 0.717) is 66.5 Å². The predicted molar refractivity (Wildman–Crippen MR) is 507 cm³/mol. The normalized spacial score (nSPS) is 12.6. The fourth-order valence-electron chi connectivity index (χ4n) is 20.3. The molecule has 0 spiro atoms. The molecule has 0 amide bonds. The summed E-state index contributed by atoms with van der Waals surface area (Å²) in [4.78, 5) is 43.7. The lowest BCUT2D eigenvalue weighted by Crippen LogP contribution is -2.43. The number of hydrogen-bond donors (Lipinski definition) is 0. The smallest absolute Gasteiger partial charge is 0.146 e. The fourth-order valence-corrected chi connectivity index (χ4v) is 41.1. The van der Waals surface area contributed by atoms with Gasteiger partial charge in [0, 0.05) is 10.8 Å². The molecule has 0 radical (unpaired) electrons.